The van der Waals surface area contributed by atoms with E-state index in [2.05, 4.69) is 47.0 Å². The molecule has 2 atom stereocenters. The van der Waals surface area contributed by atoms with Gasteiger partial charge in [0.1, 0.15) is 5.54 Å². The van der Waals surface area contributed by atoms with Crippen LogP contribution in [0.1, 0.15) is 37.7 Å². The molecule has 2 aliphatic heterocycles. The van der Waals surface area contributed by atoms with Gasteiger partial charge in [-0.1, -0.05) is 54.6 Å². The summed E-state index contributed by atoms with van der Waals surface area (Å²) < 4.78 is 0. The average Bonchev–Trinajstić information content (AvgIpc) is 2.99. The van der Waals surface area contributed by atoms with Crippen molar-refractivity contribution in [3.63, 3.8) is 0 Å². The van der Waals surface area contributed by atoms with E-state index in [1.807, 2.05) is 23.1 Å². The summed E-state index contributed by atoms with van der Waals surface area (Å²) in [4.78, 5) is 38.1. The van der Waals surface area contributed by atoms with E-state index in [0.29, 0.717) is 13.1 Å². The third kappa shape index (κ3) is 4.01. The molecular formula is C23H25N3O3. The Balaban J connectivity index is 1.42. The molecule has 2 N–H and O–H groups in total. The van der Waals surface area contributed by atoms with Crippen LogP contribution in [0, 0.1) is 0 Å². The van der Waals surface area contributed by atoms with Gasteiger partial charge in [0, 0.05) is 19.0 Å². The van der Waals surface area contributed by atoms with Crippen LogP contribution >= 0.6 is 0 Å². The fourth-order valence-electron chi connectivity index (χ4n) is 4.17. The predicted molar refractivity (Wildman–Crippen MR) is 110 cm³/mol. The molecule has 2 fully saturated rings. The number of piperidine rings is 1. The van der Waals surface area contributed by atoms with E-state index in [-0.39, 0.29) is 18.2 Å². The number of hydrogen-bond acceptors (Lipinski definition) is 3. The molecule has 2 saturated heterocycles. The number of nitrogens with zero attached hydrogens (tertiary/aromatic N) is 1. The van der Waals surface area contributed by atoms with Gasteiger partial charge in [0.2, 0.25) is 5.91 Å². The van der Waals surface area contributed by atoms with Crippen molar-refractivity contribution in [3.05, 3.63) is 60.2 Å². The standard InChI is InChI=1S/C23H25N3O3/c1-23(21(28)24-22(29)25-23)14-20(27)26-13-5-8-19(15-26)18-11-9-17(10-12-18)16-6-3-2-4-7-16/h2-4,6-7,9-12,19H,5,8,13-15H2,1H3,(H2,24,25,28,29). The Morgan fingerprint density at radius 3 is 2.41 bits per heavy atom. The first-order valence-corrected chi connectivity index (χ1v) is 10.0. The normalized spacial score (nSPS) is 24.2. The summed E-state index contributed by atoms with van der Waals surface area (Å²) in [6, 6.07) is 18.3. The van der Waals surface area contributed by atoms with Crippen LogP contribution in [0.5, 0.6) is 0 Å². The van der Waals surface area contributed by atoms with Crippen molar-refractivity contribution in [2.45, 2.75) is 37.6 Å². The zero-order valence-corrected chi connectivity index (χ0v) is 16.5. The van der Waals surface area contributed by atoms with E-state index in [4.69, 9.17) is 0 Å². The van der Waals surface area contributed by atoms with Gasteiger partial charge in [-0.05, 0) is 36.5 Å². The molecule has 0 aliphatic carbocycles. The number of likely N-dealkylation sites (tertiary alicyclic amines) is 1. The fourth-order valence-corrected chi connectivity index (χ4v) is 4.17. The molecule has 0 radical (unpaired) electrons. The van der Waals surface area contributed by atoms with E-state index in [9.17, 15) is 14.4 Å². The molecule has 2 unspecified atom stereocenters. The number of urea groups is 1. The van der Waals surface area contributed by atoms with Crippen molar-refractivity contribution < 1.29 is 14.4 Å². The van der Waals surface area contributed by atoms with Crippen molar-refractivity contribution in [1.82, 2.24) is 15.5 Å². The highest BCUT2D eigenvalue weighted by atomic mass is 16.2. The Kier molecular flexibility index (Phi) is 5.09. The monoisotopic (exact) mass is 391 g/mol. The smallest absolute Gasteiger partial charge is 0.322 e. The van der Waals surface area contributed by atoms with Gasteiger partial charge in [-0.25, -0.2) is 4.79 Å². The first kappa shape index (κ1) is 19.2. The zero-order valence-electron chi connectivity index (χ0n) is 16.5. The van der Waals surface area contributed by atoms with Crippen LogP contribution in [0.3, 0.4) is 0 Å². The maximum absolute atomic E-state index is 12.8. The summed E-state index contributed by atoms with van der Waals surface area (Å²) >= 11 is 0. The first-order chi connectivity index (χ1) is 13.9. The average molecular weight is 391 g/mol. The lowest BCUT2D eigenvalue weighted by atomic mass is 9.88. The molecular weight excluding hydrogens is 366 g/mol. The van der Waals surface area contributed by atoms with E-state index in [1.165, 1.54) is 16.7 Å². The van der Waals surface area contributed by atoms with Crippen LogP contribution in [0.15, 0.2) is 54.6 Å². The Morgan fingerprint density at radius 1 is 1.07 bits per heavy atom. The second kappa shape index (κ2) is 7.70. The number of rotatable bonds is 4. The van der Waals surface area contributed by atoms with Crippen molar-refractivity contribution in [1.29, 1.82) is 0 Å². The SMILES string of the molecule is CC1(CC(=O)N2CCCC(c3ccc(-c4ccccc4)cc3)C2)NC(=O)NC1=O. The lowest BCUT2D eigenvalue weighted by Gasteiger charge is -2.34. The third-order valence-electron chi connectivity index (χ3n) is 5.89. The molecule has 150 valence electrons. The second-order valence-corrected chi connectivity index (χ2v) is 8.08. The first-order valence-electron chi connectivity index (χ1n) is 10.0. The summed E-state index contributed by atoms with van der Waals surface area (Å²) in [5, 5.41) is 4.78. The van der Waals surface area contributed by atoms with Crippen LogP contribution in [-0.4, -0.2) is 41.4 Å². The van der Waals surface area contributed by atoms with Gasteiger partial charge in [-0.15, -0.1) is 0 Å². The summed E-state index contributed by atoms with van der Waals surface area (Å²) in [5.41, 5.74) is 2.41. The van der Waals surface area contributed by atoms with Crippen LogP contribution in [-0.2, 0) is 9.59 Å². The molecule has 29 heavy (non-hydrogen) atoms. The van der Waals surface area contributed by atoms with Gasteiger partial charge in [0.05, 0.1) is 6.42 Å². The van der Waals surface area contributed by atoms with Crippen LogP contribution in [0.2, 0.25) is 0 Å². The van der Waals surface area contributed by atoms with Gasteiger partial charge < -0.3 is 10.2 Å². The number of imide groups is 1. The zero-order chi connectivity index (χ0) is 20.4. The van der Waals surface area contributed by atoms with E-state index >= 15 is 0 Å². The molecule has 4 rings (SSSR count). The molecule has 2 aromatic carbocycles. The lowest BCUT2D eigenvalue weighted by Crippen LogP contribution is -2.49. The Morgan fingerprint density at radius 2 is 1.76 bits per heavy atom. The van der Waals surface area contributed by atoms with Crippen molar-refractivity contribution in [2.24, 2.45) is 0 Å². The largest absolute Gasteiger partial charge is 0.342 e. The Labute approximate surface area is 170 Å². The molecule has 0 spiro atoms. The number of carbonyl (C=O) groups excluding carboxylic acids is 3. The van der Waals surface area contributed by atoms with E-state index in [0.717, 1.165) is 12.8 Å². The summed E-state index contributed by atoms with van der Waals surface area (Å²) in [6.07, 6.45) is 1.93. The summed E-state index contributed by atoms with van der Waals surface area (Å²) in [7, 11) is 0. The molecule has 2 aliphatic rings. The molecule has 0 bridgehead atoms. The third-order valence-corrected chi connectivity index (χ3v) is 5.89. The van der Waals surface area contributed by atoms with Crippen molar-refractivity contribution >= 4 is 17.8 Å². The molecule has 0 aromatic heterocycles. The number of hydrogen-bond donors (Lipinski definition) is 2. The van der Waals surface area contributed by atoms with Crippen molar-refractivity contribution in [3.8, 4) is 11.1 Å². The molecule has 4 amide bonds. The highest BCUT2D eigenvalue weighted by Crippen LogP contribution is 2.30. The Hall–Kier alpha value is -3.15. The second-order valence-electron chi connectivity index (χ2n) is 8.08. The van der Waals surface area contributed by atoms with E-state index in [1.54, 1.807) is 6.92 Å². The topological polar surface area (TPSA) is 78.5 Å². The van der Waals surface area contributed by atoms with Crippen LogP contribution in [0.25, 0.3) is 11.1 Å². The maximum Gasteiger partial charge on any atom is 0.322 e. The highest BCUT2D eigenvalue weighted by Gasteiger charge is 2.44. The summed E-state index contributed by atoms with van der Waals surface area (Å²) in [5.74, 6) is -0.270. The van der Waals surface area contributed by atoms with Gasteiger partial charge >= 0.3 is 6.03 Å². The predicted octanol–water partition coefficient (Wildman–Crippen LogP) is 3.05. The molecule has 6 nitrogen and oxygen atoms in total. The maximum atomic E-state index is 12.8. The minimum atomic E-state index is -1.17. The molecule has 2 aromatic rings. The van der Waals surface area contributed by atoms with Gasteiger partial charge in [-0.3, -0.25) is 14.9 Å². The number of benzene rings is 2. The summed E-state index contributed by atoms with van der Waals surface area (Å²) in [6.45, 7) is 2.91. The molecule has 2 heterocycles. The quantitative estimate of drug-likeness (QED) is 0.787. The molecule has 0 saturated carbocycles. The number of nitrogens with one attached hydrogen (secondary N) is 2. The van der Waals surface area contributed by atoms with E-state index < -0.39 is 17.5 Å². The minimum Gasteiger partial charge on any atom is -0.342 e. The molecule has 6 heteroatoms. The number of carbonyl (C=O) groups is 3. The van der Waals surface area contributed by atoms with Gasteiger partial charge in [0.15, 0.2) is 0 Å². The highest BCUT2D eigenvalue weighted by molar-refractivity contribution is 6.08. The lowest BCUT2D eigenvalue weighted by molar-refractivity contribution is -0.137. The Bertz CT molecular complexity index is 926. The van der Waals surface area contributed by atoms with Gasteiger partial charge in [-0.2, -0.15) is 0 Å². The minimum absolute atomic E-state index is 0.0236. The fraction of sp³-hybridized carbons (Fsp3) is 0.348. The van der Waals surface area contributed by atoms with Crippen LogP contribution < -0.4 is 10.6 Å². The van der Waals surface area contributed by atoms with Crippen molar-refractivity contribution in [2.75, 3.05) is 13.1 Å². The van der Waals surface area contributed by atoms with Gasteiger partial charge in [0.25, 0.3) is 5.91 Å². The number of amides is 4. The van der Waals surface area contributed by atoms with Crippen LogP contribution in [0.4, 0.5) is 4.79 Å².